The molecule has 2 nitrogen and oxygen atoms in total. The van der Waals surface area contributed by atoms with E-state index in [9.17, 15) is 0 Å². The molecule has 2 heteroatoms. The third-order valence-corrected chi connectivity index (χ3v) is 2.76. The fraction of sp³-hybridized carbons (Fsp3) is 0.357. The van der Waals surface area contributed by atoms with Gasteiger partial charge in [0.05, 0.1) is 5.52 Å². The molecule has 1 heterocycles. The van der Waals surface area contributed by atoms with Gasteiger partial charge in [0, 0.05) is 18.1 Å². The number of fused-ring (bicyclic) bond motifs is 1. The fourth-order valence-corrected chi connectivity index (χ4v) is 1.83. The molecule has 0 bridgehead atoms. The Kier molecular flexibility index (Phi) is 3.89. The van der Waals surface area contributed by atoms with E-state index in [0.29, 0.717) is 0 Å². The van der Waals surface area contributed by atoms with Gasteiger partial charge in [0.25, 0.3) is 0 Å². The third-order valence-electron chi connectivity index (χ3n) is 2.76. The molecular weight excluding hydrogens is 196 g/mol. The van der Waals surface area contributed by atoms with Crippen LogP contribution < -0.4 is 5.32 Å². The van der Waals surface area contributed by atoms with Crippen molar-refractivity contribution in [2.45, 2.75) is 26.3 Å². The van der Waals surface area contributed by atoms with Crippen LogP contribution in [0.5, 0.6) is 0 Å². The first-order chi connectivity index (χ1) is 7.92. The topological polar surface area (TPSA) is 24.9 Å². The van der Waals surface area contributed by atoms with E-state index < -0.39 is 0 Å². The van der Waals surface area contributed by atoms with E-state index >= 15 is 0 Å². The van der Waals surface area contributed by atoms with Crippen LogP contribution in [0.4, 0.5) is 0 Å². The monoisotopic (exact) mass is 214 g/mol. The Labute approximate surface area is 96.7 Å². The van der Waals surface area contributed by atoms with Crippen LogP contribution in [0.1, 0.15) is 25.3 Å². The Bertz CT molecular complexity index is 446. The minimum absolute atomic E-state index is 0.934. The first-order valence-electron chi connectivity index (χ1n) is 5.95. The molecule has 2 aromatic rings. The van der Waals surface area contributed by atoms with Gasteiger partial charge in [0.2, 0.25) is 0 Å². The molecule has 1 N–H and O–H groups in total. The predicted octanol–water partition coefficient (Wildman–Crippen LogP) is 3.12. The van der Waals surface area contributed by atoms with Crippen molar-refractivity contribution in [3.8, 4) is 0 Å². The van der Waals surface area contributed by atoms with Crippen LogP contribution >= 0.6 is 0 Å². The summed E-state index contributed by atoms with van der Waals surface area (Å²) in [6.07, 6.45) is 4.37. The molecule has 2 rings (SSSR count). The van der Waals surface area contributed by atoms with E-state index in [2.05, 4.69) is 41.5 Å². The molecule has 0 aliphatic carbocycles. The van der Waals surface area contributed by atoms with Crippen LogP contribution in [0.3, 0.4) is 0 Å². The number of rotatable bonds is 5. The Morgan fingerprint density at radius 2 is 2.06 bits per heavy atom. The number of aromatic nitrogens is 1. The van der Waals surface area contributed by atoms with E-state index in [1.807, 2.05) is 12.3 Å². The lowest BCUT2D eigenvalue weighted by Crippen LogP contribution is -2.14. The quantitative estimate of drug-likeness (QED) is 0.773. The maximum absolute atomic E-state index is 4.36. The van der Waals surface area contributed by atoms with Crippen LogP contribution in [0.2, 0.25) is 0 Å². The molecular formula is C14H18N2. The van der Waals surface area contributed by atoms with Crippen molar-refractivity contribution in [1.29, 1.82) is 0 Å². The summed E-state index contributed by atoms with van der Waals surface area (Å²) in [7, 11) is 0. The highest BCUT2D eigenvalue weighted by molar-refractivity contribution is 5.81. The van der Waals surface area contributed by atoms with Crippen LogP contribution in [-0.4, -0.2) is 11.5 Å². The third kappa shape index (κ3) is 2.58. The largest absolute Gasteiger partial charge is 0.313 e. The van der Waals surface area contributed by atoms with E-state index in [4.69, 9.17) is 0 Å². The highest BCUT2D eigenvalue weighted by atomic mass is 14.8. The molecule has 0 unspecified atom stereocenters. The lowest BCUT2D eigenvalue weighted by molar-refractivity contribution is 0.643. The summed E-state index contributed by atoms with van der Waals surface area (Å²) < 4.78 is 0. The number of unbranched alkanes of at least 4 members (excludes halogenated alkanes) is 1. The Hall–Kier alpha value is -1.41. The summed E-state index contributed by atoms with van der Waals surface area (Å²) in [6.45, 7) is 4.24. The second-order valence-corrected chi connectivity index (χ2v) is 4.02. The summed E-state index contributed by atoms with van der Waals surface area (Å²) >= 11 is 0. The second kappa shape index (κ2) is 5.61. The normalized spacial score (nSPS) is 10.8. The minimum atomic E-state index is 0.934. The zero-order valence-electron chi connectivity index (χ0n) is 9.74. The maximum Gasteiger partial charge on any atom is 0.0705 e. The van der Waals surface area contributed by atoms with E-state index in [1.54, 1.807) is 0 Å². The number of nitrogens with zero attached hydrogens (tertiary/aromatic N) is 1. The molecule has 0 amide bonds. The Morgan fingerprint density at radius 3 is 2.94 bits per heavy atom. The van der Waals surface area contributed by atoms with Crippen LogP contribution in [0.15, 0.2) is 36.5 Å². The summed E-state index contributed by atoms with van der Waals surface area (Å²) in [5.74, 6) is 0. The maximum atomic E-state index is 4.36. The van der Waals surface area contributed by atoms with Crippen molar-refractivity contribution in [3.05, 3.63) is 42.1 Å². The van der Waals surface area contributed by atoms with Crippen LogP contribution in [-0.2, 0) is 6.54 Å². The number of nitrogens with one attached hydrogen (secondary N) is 1. The van der Waals surface area contributed by atoms with Crippen molar-refractivity contribution in [2.24, 2.45) is 0 Å². The number of para-hydroxylation sites is 1. The molecule has 0 saturated carbocycles. The van der Waals surface area contributed by atoms with Crippen LogP contribution in [0.25, 0.3) is 10.9 Å². The van der Waals surface area contributed by atoms with Crippen molar-refractivity contribution in [1.82, 2.24) is 10.3 Å². The van der Waals surface area contributed by atoms with Gasteiger partial charge in [-0.05, 0) is 30.7 Å². The standard InChI is InChI=1S/C14H18N2/c1-2-3-9-15-11-12-8-10-16-14-7-5-4-6-13(12)14/h4-8,10,15H,2-3,9,11H2,1H3. The number of pyridine rings is 1. The molecule has 0 saturated heterocycles. The summed E-state index contributed by atoms with van der Waals surface area (Å²) in [5, 5.41) is 4.73. The van der Waals surface area contributed by atoms with Gasteiger partial charge in [-0.2, -0.15) is 0 Å². The lowest BCUT2D eigenvalue weighted by Gasteiger charge is -2.07. The van der Waals surface area contributed by atoms with Crippen molar-refractivity contribution >= 4 is 10.9 Å². The molecule has 84 valence electrons. The molecule has 0 radical (unpaired) electrons. The van der Waals surface area contributed by atoms with Crippen molar-refractivity contribution in [2.75, 3.05) is 6.54 Å². The fourth-order valence-electron chi connectivity index (χ4n) is 1.83. The van der Waals surface area contributed by atoms with Gasteiger partial charge in [-0.3, -0.25) is 4.98 Å². The predicted molar refractivity (Wildman–Crippen MR) is 68.4 cm³/mol. The van der Waals surface area contributed by atoms with Gasteiger partial charge < -0.3 is 5.32 Å². The molecule has 1 aromatic heterocycles. The first-order valence-corrected chi connectivity index (χ1v) is 5.95. The minimum Gasteiger partial charge on any atom is -0.313 e. The highest BCUT2D eigenvalue weighted by Gasteiger charge is 1.99. The molecule has 1 aromatic carbocycles. The molecule has 0 spiro atoms. The average Bonchev–Trinajstić information content (AvgIpc) is 2.35. The molecule has 0 fully saturated rings. The smallest absolute Gasteiger partial charge is 0.0705 e. The first kappa shape index (κ1) is 11.1. The van der Waals surface area contributed by atoms with Gasteiger partial charge in [-0.25, -0.2) is 0 Å². The summed E-state index contributed by atoms with van der Waals surface area (Å²) in [4.78, 5) is 4.36. The van der Waals surface area contributed by atoms with Gasteiger partial charge in [0.1, 0.15) is 0 Å². The number of hydrogen-bond acceptors (Lipinski definition) is 2. The summed E-state index contributed by atoms with van der Waals surface area (Å²) in [6, 6.07) is 10.4. The van der Waals surface area contributed by atoms with Gasteiger partial charge in [0.15, 0.2) is 0 Å². The van der Waals surface area contributed by atoms with Gasteiger partial charge in [-0.1, -0.05) is 31.5 Å². The lowest BCUT2D eigenvalue weighted by atomic mass is 10.1. The Morgan fingerprint density at radius 1 is 1.19 bits per heavy atom. The molecule has 0 atom stereocenters. The van der Waals surface area contributed by atoms with Crippen LogP contribution in [0, 0.1) is 0 Å². The summed E-state index contributed by atoms with van der Waals surface area (Å²) in [5.41, 5.74) is 2.42. The zero-order chi connectivity index (χ0) is 11.2. The second-order valence-electron chi connectivity index (χ2n) is 4.02. The average molecular weight is 214 g/mol. The van der Waals surface area contributed by atoms with E-state index in [1.165, 1.54) is 23.8 Å². The van der Waals surface area contributed by atoms with Gasteiger partial charge in [-0.15, -0.1) is 0 Å². The van der Waals surface area contributed by atoms with Crippen molar-refractivity contribution < 1.29 is 0 Å². The zero-order valence-corrected chi connectivity index (χ0v) is 9.74. The number of hydrogen-bond donors (Lipinski definition) is 1. The number of benzene rings is 1. The van der Waals surface area contributed by atoms with Gasteiger partial charge >= 0.3 is 0 Å². The van der Waals surface area contributed by atoms with E-state index in [-0.39, 0.29) is 0 Å². The molecule has 0 aliphatic heterocycles. The molecule has 0 aliphatic rings. The molecule has 16 heavy (non-hydrogen) atoms. The highest BCUT2D eigenvalue weighted by Crippen LogP contribution is 2.15. The van der Waals surface area contributed by atoms with E-state index in [0.717, 1.165) is 18.6 Å². The Balaban J connectivity index is 2.11. The SMILES string of the molecule is CCCCNCc1ccnc2ccccc12. The van der Waals surface area contributed by atoms with Crippen molar-refractivity contribution in [3.63, 3.8) is 0 Å².